The molecule has 2 aromatic rings. The van der Waals surface area contributed by atoms with Gasteiger partial charge in [-0.3, -0.25) is 4.98 Å². The maximum Gasteiger partial charge on any atom is 0.101 e. The van der Waals surface area contributed by atoms with Crippen LogP contribution >= 0.6 is 31.9 Å². The summed E-state index contributed by atoms with van der Waals surface area (Å²) < 4.78 is 1.77. The fourth-order valence-electron chi connectivity index (χ4n) is 1.34. The van der Waals surface area contributed by atoms with Crippen LogP contribution in [0.5, 0.6) is 0 Å². The number of anilines is 2. The van der Waals surface area contributed by atoms with Gasteiger partial charge in [0.1, 0.15) is 6.07 Å². The Hall–Kier alpha value is -1.38. The average Bonchev–Trinajstić information content (AvgIpc) is 2.32. The van der Waals surface area contributed by atoms with Crippen molar-refractivity contribution in [1.29, 1.82) is 5.26 Å². The van der Waals surface area contributed by atoms with Gasteiger partial charge in [0.15, 0.2) is 0 Å². The summed E-state index contributed by atoms with van der Waals surface area (Å²) in [6.07, 6.45) is 3.39. The Morgan fingerprint density at radius 2 is 2.00 bits per heavy atom. The van der Waals surface area contributed by atoms with E-state index in [1.54, 1.807) is 18.5 Å². The van der Waals surface area contributed by atoms with E-state index in [2.05, 4.69) is 48.2 Å². The topological polar surface area (TPSA) is 48.7 Å². The predicted octanol–water partition coefficient (Wildman–Crippen LogP) is 4.22. The molecule has 1 heterocycles. The van der Waals surface area contributed by atoms with E-state index < -0.39 is 0 Å². The van der Waals surface area contributed by atoms with Gasteiger partial charge < -0.3 is 5.32 Å². The third kappa shape index (κ3) is 2.84. The summed E-state index contributed by atoms with van der Waals surface area (Å²) in [7, 11) is 0. The first-order valence-electron chi connectivity index (χ1n) is 4.77. The second-order valence-corrected chi connectivity index (χ2v) is 5.05. The van der Waals surface area contributed by atoms with Crippen LogP contribution in [0.1, 0.15) is 5.56 Å². The molecule has 0 unspecified atom stereocenters. The monoisotopic (exact) mass is 351 g/mol. The lowest BCUT2D eigenvalue weighted by atomic mass is 10.2. The summed E-state index contributed by atoms with van der Waals surface area (Å²) in [5.41, 5.74) is 2.22. The quantitative estimate of drug-likeness (QED) is 0.880. The molecule has 0 saturated carbocycles. The molecule has 1 aromatic carbocycles. The summed E-state index contributed by atoms with van der Waals surface area (Å²) in [4.78, 5) is 3.99. The molecule has 0 fully saturated rings. The van der Waals surface area contributed by atoms with Crippen LogP contribution in [0.4, 0.5) is 11.4 Å². The summed E-state index contributed by atoms with van der Waals surface area (Å²) in [6, 6.07) is 9.46. The second kappa shape index (κ2) is 5.30. The number of hydrogen-bond acceptors (Lipinski definition) is 3. The largest absolute Gasteiger partial charge is 0.353 e. The highest BCUT2D eigenvalue weighted by Crippen LogP contribution is 2.28. The lowest BCUT2D eigenvalue weighted by molar-refractivity contribution is 1.30. The molecule has 1 N–H and O–H groups in total. The Labute approximate surface area is 116 Å². The van der Waals surface area contributed by atoms with Crippen LogP contribution in [0.15, 0.2) is 45.6 Å². The molecule has 5 heteroatoms. The van der Waals surface area contributed by atoms with E-state index in [0.717, 1.165) is 20.3 Å². The predicted molar refractivity (Wildman–Crippen MR) is 74.1 cm³/mol. The van der Waals surface area contributed by atoms with Gasteiger partial charge in [-0.1, -0.05) is 15.9 Å². The third-order valence-corrected chi connectivity index (χ3v) is 3.27. The zero-order valence-corrected chi connectivity index (χ0v) is 11.8. The number of nitrogens with zero attached hydrogens (tertiary/aromatic N) is 2. The highest BCUT2D eigenvalue weighted by molar-refractivity contribution is 9.10. The van der Waals surface area contributed by atoms with E-state index in [1.165, 1.54) is 0 Å². The minimum absolute atomic E-state index is 0.594. The van der Waals surface area contributed by atoms with E-state index in [1.807, 2.05) is 18.2 Å². The van der Waals surface area contributed by atoms with Crippen LogP contribution in [-0.4, -0.2) is 4.98 Å². The van der Waals surface area contributed by atoms with E-state index in [4.69, 9.17) is 5.26 Å². The number of nitrogens with one attached hydrogen (secondary N) is 1. The van der Waals surface area contributed by atoms with E-state index in [0.29, 0.717) is 5.56 Å². The molecule has 84 valence electrons. The van der Waals surface area contributed by atoms with Crippen LogP contribution in [0.25, 0.3) is 0 Å². The molecule has 0 aliphatic carbocycles. The number of rotatable bonds is 2. The summed E-state index contributed by atoms with van der Waals surface area (Å²) in [5, 5.41) is 12.2. The van der Waals surface area contributed by atoms with Gasteiger partial charge in [0.05, 0.1) is 21.4 Å². The minimum atomic E-state index is 0.594. The Kier molecular flexibility index (Phi) is 3.77. The smallest absolute Gasteiger partial charge is 0.101 e. The van der Waals surface area contributed by atoms with Gasteiger partial charge in [-0.15, -0.1) is 0 Å². The van der Waals surface area contributed by atoms with Crippen LogP contribution in [0.2, 0.25) is 0 Å². The average molecular weight is 353 g/mol. The molecule has 0 amide bonds. The normalized spacial score (nSPS) is 9.71. The van der Waals surface area contributed by atoms with Crippen molar-refractivity contribution in [3.05, 3.63) is 51.2 Å². The number of halogens is 2. The van der Waals surface area contributed by atoms with Crippen molar-refractivity contribution in [2.24, 2.45) is 0 Å². The van der Waals surface area contributed by atoms with E-state index in [-0.39, 0.29) is 0 Å². The molecule has 0 saturated heterocycles. The van der Waals surface area contributed by atoms with Gasteiger partial charge in [-0.05, 0) is 40.2 Å². The molecule has 0 aliphatic heterocycles. The van der Waals surface area contributed by atoms with Crippen molar-refractivity contribution >= 4 is 43.2 Å². The van der Waals surface area contributed by atoms with Crippen LogP contribution in [0.3, 0.4) is 0 Å². The number of nitriles is 1. The van der Waals surface area contributed by atoms with Crippen molar-refractivity contribution in [2.75, 3.05) is 5.32 Å². The number of benzene rings is 1. The number of hydrogen-bond donors (Lipinski definition) is 1. The summed E-state index contributed by atoms with van der Waals surface area (Å²) in [6.45, 7) is 0. The maximum atomic E-state index is 9.03. The molecule has 2 rings (SSSR count). The van der Waals surface area contributed by atoms with E-state index >= 15 is 0 Å². The molecule has 1 aromatic heterocycles. The fourth-order valence-corrected chi connectivity index (χ4v) is 2.05. The lowest BCUT2D eigenvalue weighted by Crippen LogP contribution is -1.94. The van der Waals surface area contributed by atoms with Gasteiger partial charge in [0, 0.05) is 16.9 Å². The Balaban J connectivity index is 2.40. The van der Waals surface area contributed by atoms with Crippen molar-refractivity contribution in [2.45, 2.75) is 0 Å². The summed E-state index contributed by atoms with van der Waals surface area (Å²) >= 11 is 6.78. The first kappa shape index (κ1) is 12.1. The van der Waals surface area contributed by atoms with Gasteiger partial charge in [-0.25, -0.2) is 0 Å². The van der Waals surface area contributed by atoms with Gasteiger partial charge >= 0.3 is 0 Å². The highest BCUT2D eigenvalue weighted by atomic mass is 79.9. The van der Waals surface area contributed by atoms with Crippen LogP contribution in [0, 0.1) is 11.3 Å². The standard InChI is InChI=1S/C12H7Br2N3/c13-9-2-1-8(6-15)12(5-9)17-11-3-4-16-7-10(11)14/h1-5,7H,(H,16,17). The Morgan fingerprint density at radius 3 is 2.71 bits per heavy atom. The van der Waals surface area contributed by atoms with Gasteiger partial charge in [0.25, 0.3) is 0 Å². The first-order chi connectivity index (χ1) is 8.20. The van der Waals surface area contributed by atoms with Crippen molar-refractivity contribution < 1.29 is 0 Å². The second-order valence-electron chi connectivity index (χ2n) is 3.28. The van der Waals surface area contributed by atoms with Crippen molar-refractivity contribution in [3.8, 4) is 6.07 Å². The Morgan fingerprint density at radius 1 is 1.18 bits per heavy atom. The summed E-state index contributed by atoms with van der Waals surface area (Å²) in [5.74, 6) is 0. The molecular weight excluding hydrogens is 346 g/mol. The van der Waals surface area contributed by atoms with Crippen molar-refractivity contribution in [1.82, 2.24) is 4.98 Å². The zero-order valence-electron chi connectivity index (χ0n) is 8.61. The van der Waals surface area contributed by atoms with Gasteiger partial charge in [-0.2, -0.15) is 5.26 Å². The fraction of sp³-hybridized carbons (Fsp3) is 0. The SMILES string of the molecule is N#Cc1ccc(Br)cc1Nc1ccncc1Br. The number of pyridine rings is 1. The third-order valence-electron chi connectivity index (χ3n) is 2.14. The lowest BCUT2D eigenvalue weighted by Gasteiger charge is -2.09. The highest BCUT2D eigenvalue weighted by Gasteiger charge is 2.05. The molecular formula is C12H7Br2N3. The first-order valence-corrected chi connectivity index (χ1v) is 6.35. The Bertz CT molecular complexity index is 591. The minimum Gasteiger partial charge on any atom is -0.353 e. The number of aromatic nitrogens is 1. The zero-order chi connectivity index (χ0) is 12.3. The van der Waals surface area contributed by atoms with Crippen LogP contribution < -0.4 is 5.32 Å². The van der Waals surface area contributed by atoms with Crippen molar-refractivity contribution in [3.63, 3.8) is 0 Å². The molecule has 3 nitrogen and oxygen atoms in total. The maximum absolute atomic E-state index is 9.03. The molecule has 0 spiro atoms. The molecule has 17 heavy (non-hydrogen) atoms. The van der Waals surface area contributed by atoms with Crippen LogP contribution in [-0.2, 0) is 0 Å². The molecule has 0 radical (unpaired) electrons. The molecule has 0 bridgehead atoms. The molecule has 0 aliphatic rings. The van der Waals surface area contributed by atoms with Gasteiger partial charge in [0.2, 0.25) is 0 Å². The van der Waals surface area contributed by atoms with E-state index in [9.17, 15) is 0 Å². The molecule has 0 atom stereocenters.